The number of carbonyl (C=O) groups excluding carboxylic acids is 1. The van der Waals surface area contributed by atoms with Gasteiger partial charge in [-0.2, -0.15) is 0 Å². The molecule has 6 nitrogen and oxygen atoms in total. The molecule has 0 bridgehead atoms. The zero-order chi connectivity index (χ0) is 18.8. The van der Waals surface area contributed by atoms with Crippen molar-refractivity contribution in [3.63, 3.8) is 0 Å². The van der Waals surface area contributed by atoms with Gasteiger partial charge in [0.25, 0.3) is 0 Å². The number of methoxy groups -OCH3 is 1. The number of hydrogen-bond acceptors (Lipinski definition) is 3. The van der Waals surface area contributed by atoms with E-state index in [9.17, 15) is 4.79 Å². The van der Waals surface area contributed by atoms with E-state index in [0.29, 0.717) is 24.1 Å². The van der Waals surface area contributed by atoms with Crippen LogP contribution in [0.15, 0.2) is 35.3 Å². The van der Waals surface area contributed by atoms with Gasteiger partial charge in [0.2, 0.25) is 5.91 Å². The van der Waals surface area contributed by atoms with Crippen LogP contribution in [0.5, 0.6) is 5.75 Å². The summed E-state index contributed by atoms with van der Waals surface area (Å²) in [5.41, 5.74) is 1.99. The molecule has 2 N–H and O–H groups in total. The summed E-state index contributed by atoms with van der Waals surface area (Å²) in [5.74, 6) is 1.24. The molecule has 0 aliphatic rings. The minimum Gasteiger partial charge on any atom is -0.497 e. The Bertz CT molecular complexity index is 630. The van der Waals surface area contributed by atoms with E-state index in [1.165, 1.54) is 4.90 Å². The Morgan fingerprint density at radius 2 is 2.08 bits per heavy atom. The lowest BCUT2D eigenvalue weighted by Gasteiger charge is -2.14. The first-order valence-electron chi connectivity index (χ1n) is 8.02. The van der Waals surface area contributed by atoms with Crippen LogP contribution in [-0.4, -0.2) is 57.6 Å². The van der Waals surface area contributed by atoms with E-state index in [0.717, 1.165) is 23.3 Å². The van der Waals surface area contributed by atoms with E-state index in [2.05, 4.69) is 22.2 Å². The zero-order valence-electron chi connectivity index (χ0n) is 15.4. The maximum Gasteiger partial charge on any atom is 0.243 e. The fourth-order valence-corrected chi connectivity index (χ4v) is 2.14. The molecule has 0 radical (unpaired) electrons. The van der Waals surface area contributed by atoms with Gasteiger partial charge in [0, 0.05) is 32.2 Å². The third-order valence-corrected chi connectivity index (χ3v) is 3.73. The van der Waals surface area contributed by atoms with Gasteiger partial charge in [0.05, 0.1) is 7.11 Å². The number of ether oxygens (including phenoxy) is 1. The topological polar surface area (TPSA) is 66.0 Å². The molecule has 1 rings (SSSR count). The second-order valence-corrected chi connectivity index (χ2v) is 6.30. The smallest absolute Gasteiger partial charge is 0.243 e. The summed E-state index contributed by atoms with van der Waals surface area (Å²) in [6.45, 7) is 7.08. The van der Waals surface area contributed by atoms with Crippen molar-refractivity contribution >= 4 is 23.5 Å². The van der Waals surface area contributed by atoms with Crippen LogP contribution in [0.25, 0.3) is 0 Å². The summed E-state index contributed by atoms with van der Waals surface area (Å²) in [6.07, 6.45) is 0.720. The Morgan fingerprint density at radius 1 is 1.36 bits per heavy atom. The van der Waals surface area contributed by atoms with Gasteiger partial charge in [-0.05, 0) is 31.0 Å². The number of nitrogens with zero attached hydrogens (tertiary/aromatic N) is 2. The minimum absolute atomic E-state index is 0.0605. The van der Waals surface area contributed by atoms with Crippen LogP contribution < -0.4 is 15.4 Å². The third-order valence-electron chi connectivity index (χ3n) is 3.38. The lowest BCUT2D eigenvalue weighted by atomic mass is 10.1. The summed E-state index contributed by atoms with van der Waals surface area (Å²) in [7, 11) is 5.02. The molecule has 7 heteroatoms. The number of hydrogen-bond donors (Lipinski definition) is 2. The third kappa shape index (κ3) is 7.94. The van der Waals surface area contributed by atoms with E-state index >= 15 is 0 Å². The number of guanidine groups is 1. The Morgan fingerprint density at radius 3 is 2.64 bits per heavy atom. The lowest BCUT2D eigenvalue weighted by molar-refractivity contribution is -0.127. The Hall–Kier alpha value is -2.21. The van der Waals surface area contributed by atoms with Gasteiger partial charge < -0.3 is 20.3 Å². The fourth-order valence-electron chi connectivity index (χ4n) is 1.87. The van der Waals surface area contributed by atoms with Crippen molar-refractivity contribution < 1.29 is 9.53 Å². The van der Waals surface area contributed by atoms with E-state index in [1.807, 2.05) is 19.1 Å². The molecule has 0 unspecified atom stereocenters. The number of carbonyl (C=O) groups is 1. The first-order valence-corrected chi connectivity index (χ1v) is 8.40. The standard InChI is InChI=1S/C18H27ClN4O2/c1-13(2)11-21-18(22-12-17(24)23(3)4)20-9-8-14-6-7-15(25-5)10-16(14)19/h6-7,10H,1,8-9,11-12H2,2-5H3,(H2,20,21,22). The van der Waals surface area contributed by atoms with Crippen molar-refractivity contribution in [1.29, 1.82) is 0 Å². The van der Waals surface area contributed by atoms with Crippen LogP contribution in [0, 0.1) is 0 Å². The normalized spacial score (nSPS) is 11.0. The number of likely N-dealkylation sites (N-methyl/N-ethyl adjacent to an activating group) is 1. The molecular weight excluding hydrogens is 340 g/mol. The second-order valence-electron chi connectivity index (χ2n) is 5.90. The summed E-state index contributed by atoms with van der Waals surface area (Å²) in [6, 6.07) is 5.61. The Kier molecular flexibility index (Phi) is 8.84. The average Bonchev–Trinajstić information content (AvgIpc) is 2.57. The number of nitrogens with one attached hydrogen (secondary N) is 2. The second kappa shape index (κ2) is 10.6. The van der Waals surface area contributed by atoms with Crippen molar-refractivity contribution in [2.75, 3.05) is 40.8 Å². The minimum atomic E-state index is -0.0605. The molecule has 0 aliphatic carbocycles. The van der Waals surface area contributed by atoms with Gasteiger partial charge in [-0.1, -0.05) is 29.8 Å². The van der Waals surface area contributed by atoms with E-state index in [1.54, 1.807) is 27.3 Å². The molecule has 25 heavy (non-hydrogen) atoms. The first-order chi connectivity index (χ1) is 11.8. The number of halogens is 1. The molecule has 1 amide bonds. The molecule has 0 saturated carbocycles. The molecule has 138 valence electrons. The van der Waals surface area contributed by atoms with Gasteiger partial charge in [-0.3, -0.25) is 4.79 Å². The van der Waals surface area contributed by atoms with Crippen LogP contribution in [0.3, 0.4) is 0 Å². The van der Waals surface area contributed by atoms with E-state index in [4.69, 9.17) is 16.3 Å². The summed E-state index contributed by atoms with van der Waals surface area (Å²) < 4.78 is 5.15. The molecule has 0 aromatic heterocycles. The largest absolute Gasteiger partial charge is 0.497 e. The molecule has 0 aliphatic heterocycles. The lowest BCUT2D eigenvalue weighted by Crippen LogP contribution is -2.40. The number of amides is 1. The Balaban J connectivity index is 2.63. The predicted octanol–water partition coefficient (Wildman–Crippen LogP) is 2.09. The van der Waals surface area contributed by atoms with Gasteiger partial charge in [0.15, 0.2) is 5.96 Å². The monoisotopic (exact) mass is 366 g/mol. The highest BCUT2D eigenvalue weighted by Crippen LogP contribution is 2.22. The molecular formula is C18H27ClN4O2. The predicted molar refractivity (Wildman–Crippen MR) is 104 cm³/mol. The summed E-state index contributed by atoms with van der Waals surface area (Å²) in [4.78, 5) is 17.5. The molecule has 0 saturated heterocycles. The number of aliphatic imine (C=N–C) groups is 1. The molecule has 0 fully saturated rings. The van der Waals surface area contributed by atoms with Crippen molar-refractivity contribution in [3.8, 4) is 5.75 Å². The molecule has 0 heterocycles. The molecule has 0 spiro atoms. The highest BCUT2D eigenvalue weighted by atomic mass is 35.5. The van der Waals surface area contributed by atoms with Crippen molar-refractivity contribution in [1.82, 2.24) is 15.5 Å². The quantitative estimate of drug-likeness (QED) is 0.420. The Labute approximate surface area is 154 Å². The zero-order valence-corrected chi connectivity index (χ0v) is 16.1. The van der Waals surface area contributed by atoms with Gasteiger partial charge in [0.1, 0.15) is 12.3 Å². The summed E-state index contributed by atoms with van der Waals surface area (Å²) in [5, 5.41) is 7.02. The van der Waals surface area contributed by atoms with Crippen LogP contribution in [0.2, 0.25) is 5.02 Å². The van der Waals surface area contributed by atoms with Crippen LogP contribution in [0.4, 0.5) is 0 Å². The van der Waals surface area contributed by atoms with Crippen LogP contribution in [0.1, 0.15) is 12.5 Å². The fraction of sp³-hybridized carbons (Fsp3) is 0.444. The maximum absolute atomic E-state index is 11.7. The highest BCUT2D eigenvalue weighted by molar-refractivity contribution is 6.31. The molecule has 1 aromatic rings. The number of rotatable bonds is 8. The van der Waals surface area contributed by atoms with E-state index in [-0.39, 0.29) is 12.5 Å². The van der Waals surface area contributed by atoms with Gasteiger partial charge >= 0.3 is 0 Å². The van der Waals surface area contributed by atoms with Crippen LogP contribution in [-0.2, 0) is 11.2 Å². The van der Waals surface area contributed by atoms with E-state index < -0.39 is 0 Å². The highest BCUT2D eigenvalue weighted by Gasteiger charge is 2.06. The average molecular weight is 367 g/mol. The first kappa shape index (κ1) is 20.8. The SMILES string of the molecule is C=C(C)CNC(=NCC(=O)N(C)C)NCCc1ccc(OC)cc1Cl. The van der Waals surface area contributed by atoms with Crippen molar-refractivity contribution in [3.05, 3.63) is 40.9 Å². The van der Waals surface area contributed by atoms with Gasteiger partial charge in [-0.15, -0.1) is 0 Å². The van der Waals surface area contributed by atoms with Crippen molar-refractivity contribution in [2.45, 2.75) is 13.3 Å². The van der Waals surface area contributed by atoms with Crippen molar-refractivity contribution in [2.24, 2.45) is 4.99 Å². The molecule has 0 atom stereocenters. The van der Waals surface area contributed by atoms with Gasteiger partial charge in [-0.25, -0.2) is 4.99 Å². The summed E-state index contributed by atoms with van der Waals surface area (Å²) >= 11 is 6.25. The van der Waals surface area contributed by atoms with Crippen LogP contribution >= 0.6 is 11.6 Å². The molecule has 1 aromatic carbocycles. The maximum atomic E-state index is 11.7. The number of benzene rings is 1.